The summed E-state index contributed by atoms with van der Waals surface area (Å²) in [6, 6.07) is 0. The number of hydrogen-bond donors (Lipinski definition) is 1. The van der Waals surface area contributed by atoms with E-state index in [0.717, 1.165) is 26.2 Å². The van der Waals surface area contributed by atoms with Gasteiger partial charge in [-0.3, -0.25) is 9.59 Å². The molecule has 0 aromatic heterocycles. The number of nitrogens with zero attached hydrogens (tertiary/aromatic N) is 2. The van der Waals surface area contributed by atoms with E-state index in [0.29, 0.717) is 37.8 Å². The Morgan fingerprint density at radius 2 is 1.47 bits per heavy atom. The molecule has 19 heavy (non-hydrogen) atoms. The second-order valence-corrected chi connectivity index (χ2v) is 5.60. The second kappa shape index (κ2) is 7.72. The van der Waals surface area contributed by atoms with E-state index in [-0.39, 0.29) is 11.8 Å². The molecular formula is C12H21N3O3S. The van der Waals surface area contributed by atoms with Crippen molar-refractivity contribution in [3.8, 4) is 0 Å². The smallest absolute Gasteiger partial charge is 0.232 e. The zero-order valence-electron chi connectivity index (χ0n) is 11.1. The minimum Gasteiger partial charge on any atom is -0.378 e. The first-order valence-corrected chi connectivity index (χ1v) is 7.84. The van der Waals surface area contributed by atoms with Crippen LogP contribution in [0.3, 0.4) is 0 Å². The standard InChI is InChI=1S/C12H21N3O3S/c16-11(14-3-1-13-2-4-14)9-19-10-12(17)15-5-7-18-8-6-15/h13H,1-10H2. The van der Waals surface area contributed by atoms with E-state index >= 15 is 0 Å². The maximum Gasteiger partial charge on any atom is 0.232 e. The van der Waals surface area contributed by atoms with Crippen molar-refractivity contribution < 1.29 is 14.3 Å². The van der Waals surface area contributed by atoms with Crippen molar-refractivity contribution in [2.45, 2.75) is 0 Å². The Balaban J connectivity index is 1.62. The molecule has 0 radical (unpaired) electrons. The summed E-state index contributed by atoms with van der Waals surface area (Å²) in [6.45, 7) is 5.86. The van der Waals surface area contributed by atoms with Crippen molar-refractivity contribution in [2.75, 3.05) is 64.0 Å². The van der Waals surface area contributed by atoms with Crippen molar-refractivity contribution >= 4 is 23.6 Å². The number of hydrogen-bond acceptors (Lipinski definition) is 5. The lowest BCUT2D eigenvalue weighted by atomic mass is 10.3. The van der Waals surface area contributed by atoms with Crippen LogP contribution in [-0.4, -0.2) is 85.6 Å². The Labute approximate surface area is 117 Å². The van der Waals surface area contributed by atoms with Crippen LogP contribution in [0.1, 0.15) is 0 Å². The molecule has 2 amide bonds. The molecule has 1 N–H and O–H groups in total. The highest BCUT2D eigenvalue weighted by molar-refractivity contribution is 8.00. The molecule has 0 bridgehead atoms. The van der Waals surface area contributed by atoms with Crippen LogP contribution >= 0.6 is 11.8 Å². The third-order valence-corrected chi connectivity index (χ3v) is 4.19. The number of amides is 2. The third kappa shape index (κ3) is 4.67. The van der Waals surface area contributed by atoms with Gasteiger partial charge in [-0.05, 0) is 0 Å². The topological polar surface area (TPSA) is 61.9 Å². The zero-order valence-corrected chi connectivity index (χ0v) is 11.9. The van der Waals surface area contributed by atoms with E-state index in [9.17, 15) is 9.59 Å². The Kier molecular flexibility index (Phi) is 5.93. The van der Waals surface area contributed by atoms with Crippen LogP contribution < -0.4 is 5.32 Å². The number of nitrogens with one attached hydrogen (secondary N) is 1. The Morgan fingerprint density at radius 3 is 2.05 bits per heavy atom. The van der Waals surface area contributed by atoms with Gasteiger partial charge in [-0.2, -0.15) is 0 Å². The molecule has 2 aliphatic rings. The van der Waals surface area contributed by atoms with Gasteiger partial charge in [0.2, 0.25) is 11.8 Å². The summed E-state index contributed by atoms with van der Waals surface area (Å²) >= 11 is 1.41. The summed E-state index contributed by atoms with van der Waals surface area (Å²) in [5.41, 5.74) is 0. The summed E-state index contributed by atoms with van der Waals surface area (Å²) < 4.78 is 5.20. The molecule has 0 aliphatic carbocycles. The van der Waals surface area contributed by atoms with Crippen molar-refractivity contribution in [2.24, 2.45) is 0 Å². The first kappa shape index (κ1) is 14.6. The van der Waals surface area contributed by atoms with Crippen molar-refractivity contribution in [3.63, 3.8) is 0 Å². The van der Waals surface area contributed by atoms with Gasteiger partial charge < -0.3 is 19.9 Å². The molecule has 2 rings (SSSR count). The monoisotopic (exact) mass is 287 g/mol. The second-order valence-electron chi connectivity index (χ2n) is 4.62. The third-order valence-electron chi connectivity index (χ3n) is 3.28. The van der Waals surface area contributed by atoms with E-state index in [2.05, 4.69) is 5.32 Å². The molecule has 0 unspecified atom stereocenters. The van der Waals surface area contributed by atoms with Gasteiger partial charge in [-0.1, -0.05) is 0 Å². The summed E-state index contributed by atoms with van der Waals surface area (Å²) in [4.78, 5) is 27.4. The molecule has 0 saturated carbocycles. The van der Waals surface area contributed by atoms with E-state index in [1.54, 1.807) is 0 Å². The van der Waals surface area contributed by atoms with Crippen LogP contribution in [-0.2, 0) is 14.3 Å². The van der Waals surface area contributed by atoms with E-state index in [1.165, 1.54) is 11.8 Å². The van der Waals surface area contributed by atoms with Crippen molar-refractivity contribution in [3.05, 3.63) is 0 Å². The molecule has 2 aliphatic heterocycles. The average Bonchev–Trinajstić information content (AvgIpc) is 2.49. The molecule has 6 nitrogen and oxygen atoms in total. The zero-order chi connectivity index (χ0) is 13.5. The fraction of sp³-hybridized carbons (Fsp3) is 0.833. The number of carbonyl (C=O) groups is 2. The van der Waals surface area contributed by atoms with Gasteiger partial charge in [0.1, 0.15) is 0 Å². The summed E-state index contributed by atoms with van der Waals surface area (Å²) in [7, 11) is 0. The fourth-order valence-corrected chi connectivity index (χ4v) is 2.95. The SMILES string of the molecule is O=C(CSCC(=O)N1CCOCC1)N1CCNCC1. The molecule has 0 aromatic carbocycles. The van der Waals surface area contributed by atoms with Gasteiger partial charge in [0.25, 0.3) is 0 Å². The minimum atomic E-state index is 0.112. The van der Waals surface area contributed by atoms with E-state index in [1.807, 2.05) is 9.80 Å². The van der Waals surface area contributed by atoms with E-state index < -0.39 is 0 Å². The molecule has 0 aromatic rings. The van der Waals surface area contributed by atoms with Crippen LogP contribution in [0.5, 0.6) is 0 Å². The van der Waals surface area contributed by atoms with Gasteiger partial charge in [0.15, 0.2) is 0 Å². The predicted octanol–water partition coefficient (Wildman–Crippen LogP) is -0.990. The highest BCUT2D eigenvalue weighted by atomic mass is 32.2. The maximum atomic E-state index is 11.9. The van der Waals surface area contributed by atoms with Gasteiger partial charge in [0.05, 0.1) is 24.7 Å². The number of thioether (sulfide) groups is 1. The minimum absolute atomic E-state index is 0.112. The van der Waals surface area contributed by atoms with Crippen LogP contribution in [0.2, 0.25) is 0 Å². The highest BCUT2D eigenvalue weighted by Gasteiger charge is 2.19. The molecule has 108 valence electrons. The summed E-state index contributed by atoms with van der Waals surface area (Å²) in [5, 5.41) is 3.21. The number of rotatable bonds is 4. The predicted molar refractivity (Wildman–Crippen MR) is 74.2 cm³/mol. The molecule has 0 atom stereocenters. The van der Waals surface area contributed by atoms with Gasteiger partial charge in [-0.25, -0.2) is 0 Å². The Hall–Kier alpha value is -0.790. The van der Waals surface area contributed by atoms with Crippen molar-refractivity contribution in [1.82, 2.24) is 15.1 Å². The van der Waals surface area contributed by atoms with Crippen LogP contribution in [0, 0.1) is 0 Å². The average molecular weight is 287 g/mol. The van der Waals surface area contributed by atoms with E-state index in [4.69, 9.17) is 4.74 Å². The quantitative estimate of drug-likeness (QED) is 0.719. The number of piperazine rings is 1. The van der Waals surface area contributed by atoms with Crippen molar-refractivity contribution in [1.29, 1.82) is 0 Å². The molecule has 0 spiro atoms. The van der Waals surface area contributed by atoms with Crippen LogP contribution in [0.15, 0.2) is 0 Å². The molecule has 2 fully saturated rings. The highest BCUT2D eigenvalue weighted by Crippen LogP contribution is 2.07. The normalized spacial score (nSPS) is 20.4. The molecule has 2 saturated heterocycles. The lowest BCUT2D eigenvalue weighted by Crippen LogP contribution is -2.47. The van der Waals surface area contributed by atoms with Crippen LogP contribution in [0.4, 0.5) is 0 Å². The van der Waals surface area contributed by atoms with Gasteiger partial charge >= 0.3 is 0 Å². The number of carbonyl (C=O) groups excluding carboxylic acids is 2. The largest absolute Gasteiger partial charge is 0.378 e. The lowest BCUT2D eigenvalue weighted by molar-refractivity contribution is -0.132. The van der Waals surface area contributed by atoms with Crippen LogP contribution in [0.25, 0.3) is 0 Å². The van der Waals surface area contributed by atoms with Gasteiger partial charge in [0, 0.05) is 39.3 Å². The maximum absolute atomic E-state index is 11.9. The molecule has 7 heteroatoms. The number of morpholine rings is 1. The molecular weight excluding hydrogens is 266 g/mol. The molecule has 2 heterocycles. The van der Waals surface area contributed by atoms with Gasteiger partial charge in [-0.15, -0.1) is 11.8 Å². The Morgan fingerprint density at radius 1 is 0.947 bits per heavy atom. The first-order valence-electron chi connectivity index (χ1n) is 6.69. The summed E-state index contributed by atoms with van der Waals surface area (Å²) in [6.07, 6.45) is 0. The Bertz CT molecular complexity index is 285. The fourth-order valence-electron chi connectivity index (χ4n) is 2.14. The summed E-state index contributed by atoms with van der Waals surface area (Å²) in [5.74, 6) is 1.04. The number of ether oxygens (including phenoxy) is 1. The lowest BCUT2D eigenvalue weighted by Gasteiger charge is -2.28. The first-order chi connectivity index (χ1) is 9.27.